The number of fused-ring (bicyclic) bond motifs is 3. The minimum absolute atomic E-state index is 0.0283. The highest BCUT2D eigenvalue weighted by Crippen LogP contribution is 2.70. The largest absolute Gasteiger partial charge is 0.467 e. The summed E-state index contributed by atoms with van der Waals surface area (Å²) < 4.78 is 25.8. The Morgan fingerprint density at radius 1 is 1.02 bits per heavy atom. The van der Waals surface area contributed by atoms with E-state index in [0.717, 1.165) is 80.0 Å². The number of benzene rings is 1. The Morgan fingerprint density at radius 2 is 1.73 bits per heavy atom. The molecule has 0 saturated heterocycles. The summed E-state index contributed by atoms with van der Waals surface area (Å²) in [4.78, 5) is 24.6. The quantitative estimate of drug-likeness (QED) is 0.348. The number of rotatable bonds is 8. The van der Waals surface area contributed by atoms with Crippen molar-refractivity contribution in [3.05, 3.63) is 48.4 Å². The van der Waals surface area contributed by atoms with Crippen LogP contribution >= 0.6 is 0 Å². The normalized spacial score (nSPS) is 33.6. The highest BCUT2D eigenvalue weighted by molar-refractivity contribution is 6.00. The van der Waals surface area contributed by atoms with E-state index in [1.807, 2.05) is 29.2 Å². The molecule has 4 bridgehead atoms. The van der Waals surface area contributed by atoms with E-state index in [1.165, 1.54) is 0 Å². The lowest BCUT2D eigenvalue weighted by molar-refractivity contribution is -0.211. The maximum atomic E-state index is 14.5. The fourth-order valence-electron chi connectivity index (χ4n) is 7.98. The first-order valence-corrected chi connectivity index (χ1v) is 14.6. The summed E-state index contributed by atoms with van der Waals surface area (Å²) in [6, 6.07) is 8.35. The molecule has 0 aliphatic heterocycles. The van der Waals surface area contributed by atoms with Crippen LogP contribution in [-0.2, 0) is 10.2 Å². The molecule has 10 rings (SSSR count). The molecule has 8 nitrogen and oxygen atoms in total. The van der Waals surface area contributed by atoms with Gasteiger partial charge in [-0.1, -0.05) is 12.1 Å². The maximum absolute atomic E-state index is 14.5. The van der Waals surface area contributed by atoms with Crippen molar-refractivity contribution >= 4 is 11.6 Å². The summed E-state index contributed by atoms with van der Waals surface area (Å²) in [7, 11) is 1.54. The zero-order valence-corrected chi connectivity index (χ0v) is 22.9. The molecule has 0 spiro atoms. The van der Waals surface area contributed by atoms with Gasteiger partial charge in [-0.2, -0.15) is 0 Å². The van der Waals surface area contributed by atoms with Crippen molar-refractivity contribution in [3.63, 3.8) is 0 Å². The third-order valence-electron chi connectivity index (χ3n) is 10.7. The Morgan fingerprint density at radius 3 is 2.35 bits per heavy atom. The second kappa shape index (κ2) is 8.33. The average molecular weight is 544 g/mol. The highest BCUT2D eigenvalue weighted by atomic mass is 19.1. The number of ether oxygens (including phenoxy) is 1. The molecule has 7 fully saturated rings. The van der Waals surface area contributed by atoms with Crippen LogP contribution in [0.1, 0.15) is 88.3 Å². The lowest BCUT2D eigenvalue weighted by atomic mass is 9.41. The highest BCUT2D eigenvalue weighted by Gasteiger charge is 2.73. The van der Waals surface area contributed by atoms with E-state index in [2.05, 4.69) is 20.2 Å². The van der Waals surface area contributed by atoms with Gasteiger partial charge in [-0.25, -0.2) is 14.4 Å². The van der Waals surface area contributed by atoms with Crippen molar-refractivity contribution in [2.75, 3.05) is 18.6 Å². The number of nitrogens with zero attached hydrogens (tertiary/aromatic N) is 5. The van der Waals surface area contributed by atoms with E-state index in [9.17, 15) is 9.18 Å². The second-order valence-corrected chi connectivity index (χ2v) is 13.4. The first-order valence-electron chi connectivity index (χ1n) is 14.6. The number of carbonyl (C=O) groups excluding carboxylic acids is 1. The molecule has 0 N–H and O–H groups in total. The lowest BCUT2D eigenvalue weighted by Crippen LogP contribution is -2.71. The summed E-state index contributed by atoms with van der Waals surface area (Å²) in [5.74, 6) is 2.18. The molecular weight excluding hydrogens is 509 g/mol. The van der Waals surface area contributed by atoms with Gasteiger partial charge in [0.25, 0.3) is 0 Å². The maximum Gasteiger partial charge on any atom is 0.316 e. The number of hydrogen-bond acceptors (Lipinski definition) is 7. The molecule has 2 aromatic heterocycles. The van der Waals surface area contributed by atoms with Gasteiger partial charge in [-0.05, 0) is 93.7 Å². The van der Waals surface area contributed by atoms with E-state index in [0.29, 0.717) is 37.7 Å². The van der Waals surface area contributed by atoms with E-state index >= 15 is 0 Å². The van der Waals surface area contributed by atoms with Gasteiger partial charge in [-0.15, -0.1) is 10.2 Å². The zero-order valence-electron chi connectivity index (χ0n) is 22.9. The molecule has 9 heteroatoms. The van der Waals surface area contributed by atoms with Gasteiger partial charge >= 0.3 is 6.01 Å². The van der Waals surface area contributed by atoms with Crippen molar-refractivity contribution < 1.29 is 18.3 Å². The molecule has 0 radical (unpaired) electrons. The molecule has 0 atom stereocenters. The van der Waals surface area contributed by atoms with Crippen molar-refractivity contribution in [2.24, 2.45) is 10.8 Å². The number of hydrogen-bond donors (Lipinski definition) is 0. The molecule has 7 saturated carbocycles. The van der Waals surface area contributed by atoms with Gasteiger partial charge in [0.2, 0.25) is 17.7 Å². The van der Waals surface area contributed by atoms with Gasteiger partial charge in [-0.3, -0.25) is 4.79 Å². The minimum atomic E-state index is -1.12. The van der Waals surface area contributed by atoms with Gasteiger partial charge < -0.3 is 14.1 Å². The first-order chi connectivity index (χ1) is 19.3. The number of anilines is 1. The van der Waals surface area contributed by atoms with Crippen molar-refractivity contribution in [1.82, 2.24) is 20.2 Å². The Balaban J connectivity index is 1.07. The molecular formula is C31H34FN5O3. The van der Waals surface area contributed by atoms with E-state index in [1.54, 1.807) is 19.5 Å². The van der Waals surface area contributed by atoms with Gasteiger partial charge in [0.05, 0.1) is 12.5 Å². The van der Waals surface area contributed by atoms with Crippen molar-refractivity contribution in [3.8, 4) is 17.1 Å². The van der Waals surface area contributed by atoms with Crippen LogP contribution in [0.3, 0.4) is 0 Å². The van der Waals surface area contributed by atoms with Crippen molar-refractivity contribution in [1.29, 1.82) is 0 Å². The standard InChI is InChI=1S/C31H34FN5O3/c1-39-27-33-14-22(15-34-27)21-3-2-4-23(13-21)37(26(38)30-16-31(32,17-30)18-30)19-28-7-10-29(11-8-28,12-9-28)25-36-35-24(40-25)20-5-6-20/h2-4,13-15,20H,5-12,16-19H2,1H3. The molecule has 40 heavy (non-hydrogen) atoms. The topological polar surface area (TPSA) is 94.2 Å². The summed E-state index contributed by atoms with van der Waals surface area (Å²) in [6.45, 7) is 0.655. The molecule has 7 aliphatic rings. The number of alkyl halides is 1. The summed E-state index contributed by atoms with van der Waals surface area (Å²) in [6.07, 6.45) is 12.9. The van der Waals surface area contributed by atoms with Crippen LogP contribution < -0.4 is 9.64 Å². The SMILES string of the molecule is COc1ncc(-c2cccc(N(CC34CCC(c5nnc(C6CC6)o5)(CC3)CC4)C(=O)C34CC(F)(C3)C4)c2)cn1. The number of halogens is 1. The molecule has 7 aliphatic carbocycles. The smallest absolute Gasteiger partial charge is 0.316 e. The van der Waals surface area contributed by atoms with Crippen LogP contribution in [0.25, 0.3) is 11.1 Å². The molecule has 3 aromatic rings. The van der Waals surface area contributed by atoms with Crippen LogP contribution in [0.5, 0.6) is 6.01 Å². The van der Waals surface area contributed by atoms with Gasteiger partial charge in [0.15, 0.2) is 0 Å². The van der Waals surface area contributed by atoms with Crippen LogP contribution in [0, 0.1) is 10.8 Å². The van der Waals surface area contributed by atoms with Gasteiger partial charge in [0, 0.05) is 41.5 Å². The van der Waals surface area contributed by atoms with Gasteiger partial charge in [0.1, 0.15) is 5.67 Å². The van der Waals surface area contributed by atoms with E-state index in [-0.39, 0.29) is 16.7 Å². The van der Waals surface area contributed by atoms with Crippen molar-refractivity contribution in [2.45, 2.75) is 87.6 Å². The Labute approximate surface area is 232 Å². The molecule has 1 amide bonds. The average Bonchev–Trinajstić information content (AvgIpc) is 3.70. The fourth-order valence-corrected chi connectivity index (χ4v) is 7.98. The number of amides is 1. The van der Waals surface area contributed by atoms with E-state index in [4.69, 9.17) is 9.15 Å². The van der Waals surface area contributed by atoms with E-state index < -0.39 is 11.1 Å². The summed E-state index contributed by atoms with van der Waals surface area (Å²) in [5.41, 5.74) is 0.989. The molecule has 208 valence electrons. The summed E-state index contributed by atoms with van der Waals surface area (Å²) in [5, 5.41) is 8.88. The zero-order chi connectivity index (χ0) is 27.2. The third kappa shape index (κ3) is 3.72. The molecule has 2 heterocycles. The van der Waals surface area contributed by atoms with Crippen LogP contribution in [0.4, 0.5) is 10.1 Å². The predicted octanol–water partition coefficient (Wildman–Crippen LogP) is 5.93. The number of carbonyl (C=O) groups is 1. The monoisotopic (exact) mass is 543 g/mol. The second-order valence-electron chi connectivity index (χ2n) is 13.4. The minimum Gasteiger partial charge on any atom is -0.467 e. The van der Waals surface area contributed by atoms with Crippen LogP contribution in [-0.4, -0.2) is 45.4 Å². The predicted molar refractivity (Wildman–Crippen MR) is 145 cm³/mol. The fraction of sp³-hybridized carbons (Fsp3) is 0.581. The summed E-state index contributed by atoms with van der Waals surface area (Å²) >= 11 is 0. The lowest BCUT2D eigenvalue weighted by Gasteiger charge is -2.65. The number of aromatic nitrogens is 4. The molecule has 1 aromatic carbocycles. The third-order valence-corrected chi connectivity index (χ3v) is 10.7. The Bertz CT molecular complexity index is 1440. The number of methoxy groups -OCH3 is 1. The molecule has 0 unspecified atom stereocenters. The van der Waals surface area contributed by atoms with Crippen LogP contribution in [0.2, 0.25) is 0 Å². The Hall–Kier alpha value is -3.36. The van der Waals surface area contributed by atoms with Crippen LogP contribution in [0.15, 0.2) is 41.1 Å². The first kappa shape index (κ1) is 24.4. The Kier molecular flexibility index (Phi) is 5.09.